The highest BCUT2D eigenvalue weighted by molar-refractivity contribution is 7.92. The molecule has 0 atom stereocenters. The summed E-state index contributed by atoms with van der Waals surface area (Å²) in [6.07, 6.45) is 7.45. The highest BCUT2D eigenvalue weighted by Crippen LogP contribution is 2.38. The number of anilines is 1. The summed E-state index contributed by atoms with van der Waals surface area (Å²) >= 11 is 0. The van der Waals surface area contributed by atoms with Gasteiger partial charge in [0.25, 0.3) is 5.56 Å². The number of hydrogen-bond acceptors (Lipinski definition) is 6. The van der Waals surface area contributed by atoms with Gasteiger partial charge >= 0.3 is 5.69 Å². The Morgan fingerprint density at radius 3 is 2.39 bits per heavy atom. The second kappa shape index (κ2) is 9.07. The Hall–Kier alpha value is -3.66. The van der Waals surface area contributed by atoms with Gasteiger partial charge in [-0.1, -0.05) is 20.8 Å². The van der Waals surface area contributed by atoms with Crippen LogP contribution in [-0.2, 0) is 15.4 Å². The number of aromatic amines is 2. The van der Waals surface area contributed by atoms with Crippen molar-refractivity contribution in [3.8, 4) is 16.9 Å². The maximum absolute atomic E-state index is 12.4. The minimum absolute atomic E-state index is 0.296. The molecular weight excluding hydrogens is 444 g/mol. The number of sulfonamides is 1. The molecule has 0 amide bonds. The summed E-state index contributed by atoms with van der Waals surface area (Å²) in [4.78, 5) is 32.8. The molecule has 9 nitrogen and oxygen atoms in total. The van der Waals surface area contributed by atoms with Crippen LogP contribution in [0.3, 0.4) is 0 Å². The van der Waals surface area contributed by atoms with Gasteiger partial charge < -0.3 is 9.72 Å². The third-order valence-electron chi connectivity index (χ3n) is 4.78. The summed E-state index contributed by atoms with van der Waals surface area (Å²) in [5.41, 5.74) is 2.14. The SMILES string of the molecule is COc1c(C=Cc2ccc(NS(C)(=O)=O)cn2)cc(-c2c[nH]c(=O)[nH]c2=O)cc1C(C)(C)C. The molecule has 174 valence electrons. The lowest BCUT2D eigenvalue weighted by Gasteiger charge is -2.24. The molecule has 10 heteroatoms. The van der Waals surface area contributed by atoms with Crippen molar-refractivity contribution in [1.82, 2.24) is 15.0 Å². The van der Waals surface area contributed by atoms with Crippen molar-refractivity contribution in [2.75, 3.05) is 18.1 Å². The standard InChI is InChI=1S/C23H26N4O5S/c1-23(2,3)19-11-15(18-13-25-22(29)26-21(18)28)10-14(20(19)32-4)6-7-16-8-9-17(12-24-16)27-33(5,30)31/h6-13,27H,1-5H3,(H2,25,26,28,29). The van der Waals surface area contributed by atoms with E-state index in [1.54, 1.807) is 31.4 Å². The van der Waals surface area contributed by atoms with E-state index in [1.165, 1.54) is 12.4 Å². The molecule has 0 saturated carbocycles. The Balaban J connectivity index is 2.10. The number of H-pyrrole nitrogens is 2. The third-order valence-corrected chi connectivity index (χ3v) is 5.39. The van der Waals surface area contributed by atoms with E-state index in [2.05, 4.69) is 19.7 Å². The predicted molar refractivity (Wildman–Crippen MR) is 130 cm³/mol. The van der Waals surface area contributed by atoms with Gasteiger partial charge in [0.05, 0.1) is 36.5 Å². The van der Waals surface area contributed by atoms with Crippen LogP contribution in [0, 0.1) is 0 Å². The van der Waals surface area contributed by atoms with E-state index in [0.717, 1.165) is 11.8 Å². The minimum atomic E-state index is -3.39. The highest BCUT2D eigenvalue weighted by atomic mass is 32.2. The molecule has 0 aliphatic carbocycles. The molecule has 2 aromatic heterocycles. The molecule has 0 bridgehead atoms. The van der Waals surface area contributed by atoms with Crippen LogP contribution in [0.2, 0.25) is 0 Å². The van der Waals surface area contributed by atoms with Gasteiger partial charge in [-0.05, 0) is 47.4 Å². The number of nitrogens with zero attached hydrogens (tertiary/aromatic N) is 1. The Morgan fingerprint density at radius 2 is 1.85 bits per heavy atom. The highest BCUT2D eigenvalue weighted by Gasteiger charge is 2.23. The Morgan fingerprint density at radius 1 is 1.12 bits per heavy atom. The molecule has 1 aromatic carbocycles. The summed E-state index contributed by atoms with van der Waals surface area (Å²) in [6.45, 7) is 6.11. The van der Waals surface area contributed by atoms with Crippen molar-refractivity contribution in [1.29, 1.82) is 0 Å². The zero-order chi connectivity index (χ0) is 24.4. The van der Waals surface area contributed by atoms with Crippen LogP contribution < -0.4 is 20.7 Å². The second-order valence-electron chi connectivity index (χ2n) is 8.56. The van der Waals surface area contributed by atoms with Crippen molar-refractivity contribution < 1.29 is 13.2 Å². The van der Waals surface area contributed by atoms with Crippen molar-refractivity contribution >= 4 is 27.9 Å². The van der Waals surface area contributed by atoms with E-state index in [0.29, 0.717) is 33.8 Å². The Kier molecular flexibility index (Phi) is 6.59. The van der Waals surface area contributed by atoms with E-state index in [4.69, 9.17) is 4.74 Å². The first-order valence-electron chi connectivity index (χ1n) is 10.0. The number of benzene rings is 1. The quantitative estimate of drug-likeness (QED) is 0.507. The first-order chi connectivity index (χ1) is 15.4. The number of ether oxygens (including phenoxy) is 1. The molecule has 3 N–H and O–H groups in total. The maximum Gasteiger partial charge on any atom is 0.325 e. The van der Waals surface area contributed by atoms with E-state index in [1.807, 2.05) is 32.9 Å². The second-order valence-corrected chi connectivity index (χ2v) is 10.3. The Bertz CT molecular complexity index is 1410. The number of methoxy groups -OCH3 is 1. The van der Waals surface area contributed by atoms with E-state index >= 15 is 0 Å². The maximum atomic E-state index is 12.4. The van der Waals surface area contributed by atoms with Crippen molar-refractivity contribution in [2.24, 2.45) is 0 Å². The summed E-state index contributed by atoms with van der Waals surface area (Å²) in [7, 11) is -1.80. The molecule has 0 fully saturated rings. The number of nitrogens with one attached hydrogen (secondary N) is 3. The molecule has 0 aliphatic heterocycles. The van der Waals surface area contributed by atoms with E-state index < -0.39 is 21.3 Å². The van der Waals surface area contributed by atoms with Crippen LogP contribution in [0.25, 0.3) is 23.3 Å². The zero-order valence-electron chi connectivity index (χ0n) is 19.0. The van der Waals surface area contributed by atoms with Crippen LogP contribution in [0.15, 0.2) is 46.2 Å². The van der Waals surface area contributed by atoms with Crippen LogP contribution in [0.5, 0.6) is 5.75 Å². The lowest BCUT2D eigenvalue weighted by Crippen LogP contribution is -2.23. The topological polar surface area (TPSA) is 134 Å². The molecule has 0 radical (unpaired) electrons. The summed E-state index contributed by atoms with van der Waals surface area (Å²) < 4.78 is 30.8. The normalized spacial score (nSPS) is 12.2. The van der Waals surface area contributed by atoms with Gasteiger partial charge in [-0.2, -0.15) is 0 Å². The minimum Gasteiger partial charge on any atom is -0.496 e. The summed E-state index contributed by atoms with van der Waals surface area (Å²) in [5, 5.41) is 0. The van der Waals surface area contributed by atoms with Gasteiger partial charge in [-0.25, -0.2) is 13.2 Å². The lowest BCUT2D eigenvalue weighted by molar-refractivity contribution is 0.397. The first-order valence-corrected chi connectivity index (χ1v) is 11.9. The predicted octanol–water partition coefficient (Wildman–Crippen LogP) is 2.97. The fourth-order valence-electron chi connectivity index (χ4n) is 3.29. The molecule has 0 unspecified atom stereocenters. The van der Waals surface area contributed by atoms with Crippen molar-refractivity contribution in [2.45, 2.75) is 26.2 Å². The van der Waals surface area contributed by atoms with Crippen LogP contribution in [0.4, 0.5) is 5.69 Å². The van der Waals surface area contributed by atoms with Gasteiger partial charge in [0.15, 0.2) is 0 Å². The van der Waals surface area contributed by atoms with Gasteiger partial charge in [-0.15, -0.1) is 0 Å². The molecule has 2 heterocycles. The van der Waals surface area contributed by atoms with Crippen molar-refractivity contribution in [3.63, 3.8) is 0 Å². The molecule has 0 spiro atoms. The largest absolute Gasteiger partial charge is 0.496 e. The molecular formula is C23H26N4O5S. The number of hydrogen-bond donors (Lipinski definition) is 3. The average Bonchev–Trinajstić information content (AvgIpc) is 2.71. The van der Waals surface area contributed by atoms with Gasteiger partial charge in [-0.3, -0.25) is 19.5 Å². The van der Waals surface area contributed by atoms with E-state index in [-0.39, 0.29) is 5.41 Å². The van der Waals surface area contributed by atoms with Crippen molar-refractivity contribution in [3.05, 3.63) is 74.3 Å². The molecule has 3 rings (SSSR count). The van der Waals surface area contributed by atoms with Crippen LogP contribution in [-0.4, -0.2) is 36.7 Å². The molecule has 33 heavy (non-hydrogen) atoms. The third kappa shape index (κ3) is 5.98. The fourth-order valence-corrected chi connectivity index (χ4v) is 3.84. The monoisotopic (exact) mass is 470 g/mol. The Labute approximate surface area is 191 Å². The fraction of sp³-hybridized carbons (Fsp3) is 0.261. The average molecular weight is 471 g/mol. The van der Waals surface area contributed by atoms with Crippen LogP contribution in [0.1, 0.15) is 37.6 Å². The number of pyridine rings is 1. The van der Waals surface area contributed by atoms with Crippen LogP contribution >= 0.6 is 0 Å². The van der Waals surface area contributed by atoms with E-state index in [9.17, 15) is 18.0 Å². The number of rotatable bonds is 6. The summed E-state index contributed by atoms with van der Waals surface area (Å²) in [5.74, 6) is 0.652. The smallest absolute Gasteiger partial charge is 0.325 e. The number of aromatic nitrogens is 3. The zero-order valence-corrected chi connectivity index (χ0v) is 19.8. The van der Waals surface area contributed by atoms with Gasteiger partial charge in [0, 0.05) is 17.3 Å². The molecule has 0 saturated heterocycles. The lowest BCUT2D eigenvalue weighted by atomic mass is 9.83. The van der Waals surface area contributed by atoms with Gasteiger partial charge in [0.2, 0.25) is 10.0 Å². The summed E-state index contributed by atoms with van der Waals surface area (Å²) in [6, 6.07) is 6.97. The first kappa shape index (κ1) is 24.0. The molecule has 0 aliphatic rings. The molecule has 3 aromatic rings. The van der Waals surface area contributed by atoms with Gasteiger partial charge in [0.1, 0.15) is 5.75 Å².